The standard InChI is InChI=1S/C12H13NO/c1-2-3-10-14-12-6-4-11(5-7-12)8-9-13/h2-7H,8,10H2,1H3/b3-2+. The first-order valence-corrected chi connectivity index (χ1v) is 4.56. The van der Waals surface area contributed by atoms with Gasteiger partial charge in [-0.25, -0.2) is 0 Å². The molecule has 1 aromatic rings. The van der Waals surface area contributed by atoms with Crippen LogP contribution in [0.2, 0.25) is 0 Å². The Bertz CT molecular complexity index is 332. The molecular formula is C12H13NO. The number of benzene rings is 1. The highest BCUT2D eigenvalue weighted by Crippen LogP contribution is 2.12. The van der Waals surface area contributed by atoms with E-state index < -0.39 is 0 Å². The van der Waals surface area contributed by atoms with Crippen molar-refractivity contribution < 1.29 is 4.74 Å². The van der Waals surface area contributed by atoms with Crippen LogP contribution < -0.4 is 4.74 Å². The van der Waals surface area contributed by atoms with Crippen LogP contribution in [0, 0.1) is 11.3 Å². The maximum absolute atomic E-state index is 8.47. The molecule has 0 aromatic heterocycles. The molecule has 0 unspecified atom stereocenters. The second kappa shape index (κ2) is 5.82. The molecule has 2 nitrogen and oxygen atoms in total. The Morgan fingerprint density at radius 2 is 2.07 bits per heavy atom. The number of hydrogen-bond donors (Lipinski definition) is 0. The van der Waals surface area contributed by atoms with Gasteiger partial charge in [-0.15, -0.1) is 0 Å². The van der Waals surface area contributed by atoms with E-state index in [0.717, 1.165) is 11.3 Å². The molecule has 0 aliphatic carbocycles. The zero-order valence-corrected chi connectivity index (χ0v) is 8.23. The minimum absolute atomic E-state index is 0.454. The van der Waals surface area contributed by atoms with E-state index in [0.29, 0.717) is 13.0 Å². The lowest BCUT2D eigenvalue weighted by Crippen LogP contribution is -1.93. The zero-order chi connectivity index (χ0) is 10.2. The van der Waals surface area contributed by atoms with Crippen LogP contribution in [0.1, 0.15) is 12.5 Å². The summed E-state index contributed by atoms with van der Waals surface area (Å²) in [6.45, 7) is 2.55. The van der Waals surface area contributed by atoms with Crippen molar-refractivity contribution in [3.05, 3.63) is 42.0 Å². The van der Waals surface area contributed by atoms with Gasteiger partial charge in [-0.3, -0.25) is 0 Å². The molecule has 0 aliphatic heterocycles. The number of hydrogen-bond acceptors (Lipinski definition) is 2. The molecule has 0 bridgehead atoms. The normalized spacial score (nSPS) is 10.0. The van der Waals surface area contributed by atoms with Crippen molar-refractivity contribution in [1.29, 1.82) is 5.26 Å². The fourth-order valence-corrected chi connectivity index (χ4v) is 1.04. The number of rotatable bonds is 4. The lowest BCUT2D eigenvalue weighted by atomic mass is 10.2. The number of nitriles is 1. The predicted molar refractivity (Wildman–Crippen MR) is 56.1 cm³/mol. The molecule has 0 saturated heterocycles. The Hall–Kier alpha value is -1.75. The summed E-state index contributed by atoms with van der Waals surface area (Å²) in [6.07, 6.45) is 4.35. The predicted octanol–water partition coefficient (Wildman–Crippen LogP) is 2.71. The monoisotopic (exact) mass is 187 g/mol. The quantitative estimate of drug-likeness (QED) is 0.679. The van der Waals surface area contributed by atoms with Crippen LogP contribution in [0.3, 0.4) is 0 Å². The molecule has 1 aromatic carbocycles. The third-order valence-electron chi connectivity index (χ3n) is 1.79. The van der Waals surface area contributed by atoms with E-state index in [1.165, 1.54) is 0 Å². The zero-order valence-electron chi connectivity index (χ0n) is 8.23. The van der Waals surface area contributed by atoms with Crippen molar-refractivity contribution in [2.75, 3.05) is 6.61 Å². The van der Waals surface area contributed by atoms with Crippen molar-refractivity contribution in [2.45, 2.75) is 13.3 Å². The first-order valence-electron chi connectivity index (χ1n) is 4.56. The first-order chi connectivity index (χ1) is 6.86. The Balaban J connectivity index is 2.51. The summed E-state index contributed by atoms with van der Waals surface area (Å²) in [5, 5.41) is 8.47. The number of allylic oxidation sites excluding steroid dienone is 1. The molecule has 0 N–H and O–H groups in total. The summed E-state index contributed by atoms with van der Waals surface area (Å²) in [5.74, 6) is 0.838. The van der Waals surface area contributed by atoms with Gasteiger partial charge < -0.3 is 4.74 Å². The van der Waals surface area contributed by atoms with E-state index in [4.69, 9.17) is 10.00 Å². The second-order valence-corrected chi connectivity index (χ2v) is 2.86. The summed E-state index contributed by atoms with van der Waals surface area (Å²) < 4.78 is 5.41. The van der Waals surface area contributed by atoms with Crippen LogP contribution in [-0.2, 0) is 6.42 Å². The highest BCUT2D eigenvalue weighted by molar-refractivity contribution is 5.28. The molecule has 14 heavy (non-hydrogen) atoms. The SMILES string of the molecule is C/C=C/COc1ccc(CC#N)cc1. The van der Waals surface area contributed by atoms with Crippen LogP contribution in [0.25, 0.3) is 0 Å². The smallest absolute Gasteiger partial charge is 0.119 e. The highest BCUT2D eigenvalue weighted by atomic mass is 16.5. The van der Waals surface area contributed by atoms with Crippen LogP contribution >= 0.6 is 0 Å². The molecular weight excluding hydrogens is 174 g/mol. The van der Waals surface area contributed by atoms with Gasteiger partial charge in [0.2, 0.25) is 0 Å². The maximum atomic E-state index is 8.47. The molecule has 72 valence electrons. The minimum Gasteiger partial charge on any atom is -0.490 e. The average molecular weight is 187 g/mol. The van der Waals surface area contributed by atoms with E-state index in [-0.39, 0.29) is 0 Å². The Morgan fingerprint density at radius 1 is 1.36 bits per heavy atom. The van der Waals surface area contributed by atoms with Gasteiger partial charge >= 0.3 is 0 Å². The van der Waals surface area contributed by atoms with Gasteiger partial charge in [-0.05, 0) is 24.6 Å². The van der Waals surface area contributed by atoms with Crippen molar-refractivity contribution in [2.24, 2.45) is 0 Å². The summed E-state index contributed by atoms with van der Waals surface area (Å²) in [7, 11) is 0. The average Bonchev–Trinajstić information content (AvgIpc) is 2.21. The molecule has 1 rings (SSSR count). The maximum Gasteiger partial charge on any atom is 0.119 e. The Morgan fingerprint density at radius 3 is 2.64 bits per heavy atom. The van der Waals surface area contributed by atoms with Crippen LogP contribution in [0.4, 0.5) is 0 Å². The fraction of sp³-hybridized carbons (Fsp3) is 0.250. The highest BCUT2D eigenvalue weighted by Gasteiger charge is 1.93. The molecule has 0 saturated carbocycles. The van der Waals surface area contributed by atoms with Gasteiger partial charge in [0.05, 0.1) is 12.5 Å². The Labute approximate surface area is 84.4 Å². The van der Waals surface area contributed by atoms with Crippen LogP contribution in [-0.4, -0.2) is 6.61 Å². The van der Waals surface area contributed by atoms with Crippen molar-refractivity contribution in [3.8, 4) is 11.8 Å². The molecule has 0 fully saturated rings. The van der Waals surface area contributed by atoms with Crippen molar-refractivity contribution >= 4 is 0 Å². The lowest BCUT2D eigenvalue weighted by molar-refractivity contribution is 0.362. The minimum atomic E-state index is 0.454. The van der Waals surface area contributed by atoms with E-state index in [2.05, 4.69) is 6.07 Å². The molecule has 0 atom stereocenters. The topological polar surface area (TPSA) is 33.0 Å². The van der Waals surface area contributed by atoms with Crippen molar-refractivity contribution in [1.82, 2.24) is 0 Å². The second-order valence-electron chi connectivity index (χ2n) is 2.86. The molecule has 0 radical (unpaired) electrons. The molecule has 0 spiro atoms. The third kappa shape index (κ3) is 3.32. The number of nitrogens with zero attached hydrogens (tertiary/aromatic N) is 1. The molecule has 0 amide bonds. The summed E-state index contributed by atoms with van der Waals surface area (Å²) >= 11 is 0. The summed E-state index contributed by atoms with van der Waals surface area (Å²) in [5.41, 5.74) is 1.02. The van der Waals surface area contributed by atoms with Crippen LogP contribution in [0.15, 0.2) is 36.4 Å². The van der Waals surface area contributed by atoms with Gasteiger partial charge in [-0.1, -0.05) is 24.3 Å². The Kier molecular flexibility index (Phi) is 4.30. The van der Waals surface area contributed by atoms with E-state index in [1.807, 2.05) is 43.3 Å². The van der Waals surface area contributed by atoms with Crippen molar-refractivity contribution in [3.63, 3.8) is 0 Å². The number of ether oxygens (including phenoxy) is 1. The van der Waals surface area contributed by atoms with Crippen LogP contribution in [0.5, 0.6) is 5.75 Å². The molecule has 2 heteroatoms. The van der Waals surface area contributed by atoms with Gasteiger partial charge in [0, 0.05) is 0 Å². The van der Waals surface area contributed by atoms with Gasteiger partial charge in [0.25, 0.3) is 0 Å². The van der Waals surface area contributed by atoms with Gasteiger partial charge in [0.1, 0.15) is 12.4 Å². The molecule has 0 aliphatic rings. The van der Waals surface area contributed by atoms with Gasteiger partial charge in [0.15, 0.2) is 0 Å². The van der Waals surface area contributed by atoms with E-state index >= 15 is 0 Å². The summed E-state index contributed by atoms with van der Waals surface area (Å²) in [4.78, 5) is 0. The first kappa shape index (κ1) is 10.3. The van der Waals surface area contributed by atoms with E-state index in [9.17, 15) is 0 Å². The largest absolute Gasteiger partial charge is 0.490 e. The lowest BCUT2D eigenvalue weighted by Gasteiger charge is -2.02. The van der Waals surface area contributed by atoms with E-state index in [1.54, 1.807) is 0 Å². The summed E-state index contributed by atoms with van der Waals surface area (Å²) in [6, 6.07) is 9.70. The molecule has 0 heterocycles. The third-order valence-corrected chi connectivity index (χ3v) is 1.79. The van der Waals surface area contributed by atoms with Gasteiger partial charge in [-0.2, -0.15) is 5.26 Å². The fourth-order valence-electron chi connectivity index (χ4n) is 1.04.